The molecule has 2 heterocycles. The number of carboxylic acid groups (broad SMARTS) is 2. The number of nitrogens with two attached hydrogens (primary N) is 1. The number of nitrogens with one attached hydrogen (secondary N) is 1. The van der Waals surface area contributed by atoms with Crippen LogP contribution in [0, 0.1) is 0 Å². The molecule has 1 aliphatic heterocycles. The van der Waals surface area contributed by atoms with E-state index in [0.717, 1.165) is 6.42 Å². The van der Waals surface area contributed by atoms with Crippen molar-refractivity contribution in [3.05, 3.63) is 51.3 Å². The van der Waals surface area contributed by atoms with Crippen LogP contribution in [0.3, 0.4) is 0 Å². The first-order chi connectivity index (χ1) is 12.4. The lowest BCUT2D eigenvalue weighted by Crippen LogP contribution is -2.24. The Morgan fingerprint density at radius 1 is 1.04 bits per heavy atom. The number of aromatic nitrogens is 1. The zero-order valence-electron chi connectivity index (χ0n) is 13.5. The molecule has 136 valence electrons. The molecule has 26 heavy (non-hydrogen) atoms. The summed E-state index contributed by atoms with van der Waals surface area (Å²) in [5.41, 5.74) is 4.16. The number of H-pyrrole nitrogens is 1. The number of nitrogen functional groups attached to an aromatic ring is 1. The van der Waals surface area contributed by atoms with Crippen LogP contribution in [0.2, 0.25) is 0 Å². The lowest BCUT2D eigenvalue weighted by atomic mass is 9.94. The van der Waals surface area contributed by atoms with Crippen LogP contribution in [0.15, 0.2) is 29.1 Å². The molecule has 1 aliphatic rings. The van der Waals surface area contributed by atoms with E-state index in [1.54, 1.807) is 12.1 Å². The number of benzene rings is 1. The number of aromatic carboxylic acids is 2. The number of ether oxygens (including phenoxy) is 2. The Labute approximate surface area is 147 Å². The predicted octanol–water partition coefficient (Wildman–Crippen LogP) is 1.46. The predicted molar refractivity (Wildman–Crippen MR) is 90.1 cm³/mol. The number of hydrogen-bond acceptors (Lipinski definition) is 6. The number of aromatic amines is 1. The van der Waals surface area contributed by atoms with Gasteiger partial charge in [0.05, 0.1) is 13.2 Å². The maximum atomic E-state index is 12.0. The Morgan fingerprint density at radius 2 is 1.62 bits per heavy atom. The third-order valence-electron chi connectivity index (χ3n) is 3.97. The van der Waals surface area contributed by atoms with Crippen molar-refractivity contribution in [3.63, 3.8) is 0 Å². The van der Waals surface area contributed by atoms with E-state index in [9.17, 15) is 24.6 Å². The topological polar surface area (TPSA) is 152 Å². The summed E-state index contributed by atoms with van der Waals surface area (Å²) >= 11 is 0. The van der Waals surface area contributed by atoms with Crippen LogP contribution >= 0.6 is 0 Å². The van der Waals surface area contributed by atoms with Crippen molar-refractivity contribution in [2.45, 2.75) is 12.7 Å². The molecule has 0 amide bonds. The molecule has 0 saturated carbocycles. The Bertz CT molecular complexity index is 912. The summed E-state index contributed by atoms with van der Waals surface area (Å²) in [4.78, 5) is 37.2. The average Bonchev–Trinajstić information content (AvgIpc) is 2.61. The van der Waals surface area contributed by atoms with Crippen LogP contribution in [0.1, 0.15) is 39.0 Å². The minimum absolute atomic E-state index is 0.233. The summed E-state index contributed by atoms with van der Waals surface area (Å²) in [5, 5.41) is 18.8. The number of pyridine rings is 1. The minimum atomic E-state index is -1.55. The van der Waals surface area contributed by atoms with Gasteiger partial charge in [0.15, 0.2) is 6.29 Å². The van der Waals surface area contributed by atoms with Crippen molar-refractivity contribution in [1.29, 1.82) is 0 Å². The molecule has 1 saturated heterocycles. The van der Waals surface area contributed by atoms with Gasteiger partial charge in [-0.3, -0.25) is 4.79 Å². The largest absolute Gasteiger partial charge is 0.478 e. The fourth-order valence-electron chi connectivity index (χ4n) is 2.82. The number of rotatable bonds is 4. The number of hydrogen-bond donors (Lipinski definition) is 4. The Hall–Kier alpha value is -3.17. The van der Waals surface area contributed by atoms with E-state index in [0.29, 0.717) is 18.8 Å². The zero-order chi connectivity index (χ0) is 18.8. The minimum Gasteiger partial charge on any atom is -0.478 e. The van der Waals surface area contributed by atoms with Crippen LogP contribution in [0.25, 0.3) is 11.1 Å². The molecule has 0 unspecified atom stereocenters. The van der Waals surface area contributed by atoms with Gasteiger partial charge in [0.1, 0.15) is 16.9 Å². The second-order valence-corrected chi connectivity index (χ2v) is 5.65. The number of carbonyl (C=O) groups is 2. The van der Waals surface area contributed by atoms with Crippen molar-refractivity contribution in [2.75, 3.05) is 18.9 Å². The summed E-state index contributed by atoms with van der Waals surface area (Å²) in [6, 6.07) is 6.26. The van der Waals surface area contributed by atoms with Crippen molar-refractivity contribution < 1.29 is 29.3 Å². The monoisotopic (exact) mass is 360 g/mol. The first-order valence-corrected chi connectivity index (χ1v) is 7.76. The fraction of sp³-hybridized carbons (Fsp3) is 0.235. The zero-order valence-corrected chi connectivity index (χ0v) is 13.5. The van der Waals surface area contributed by atoms with Gasteiger partial charge in [0.2, 0.25) is 0 Å². The Balaban J connectivity index is 2.14. The molecule has 0 aliphatic carbocycles. The van der Waals surface area contributed by atoms with Crippen LogP contribution in [-0.4, -0.2) is 40.3 Å². The van der Waals surface area contributed by atoms with Crippen LogP contribution in [-0.2, 0) is 9.47 Å². The van der Waals surface area contributed by atoms with Gasteiger partial charge in [0, 0.05) is 11.1 Å². The van der Waals surface area contributed by atoms with E-state index in [-0.39, 0.29) is 11.1 Å². The average molecular weight is 360 g/mol. The molecule has 0 bridgehead atoms. The van der Waals surface area contributed by atoms with E-state index in [1.165, 1.54) is 12.1 Å². The molecule has 0 atom stereocenters. The highest BCUT2D eigenvalue weighted by Crippen LogP contribution is 2.31. The fourth-order valence-corrected chi connectivity index (χ4v) is 2.82. The third-order valence-corrected chi connectivity index (χ3v) is 3.97. The van der Waals surface area contributed by atoms with Crippen molar-refractivity contribution in [3.8, 4) is 11.1 Å². The van der Waals surface area contributed by atoms with Gasteiger partial charge >= 0.3 is 11.9 Å². The second-order valence-electron chi connectivity index (χ2n) is 5.65. The summed E-state index contributed by atoms with van der Waals surface area (Å²) in [6.45, 7) is 1.12. The highest BCUT2D eigenvalue weighted by molar-refractivity contribution is 6.07. The molecule has 2 aromatic rings. The van der Waals surface area contributed by atoms with Crippen molar-refractivity contribution in [1.82, 2.24) is 4.98 Å². The van der Waals surface area contributed by atoms with E-state index >= 15 is 0 Å². The molecule has 1 fully saturated rings. The van der Waals surface area contributed by atoms with Gasteiger partial charge in [-0.05, 0) is 12.0 Å². The molecule has 1 aromatic heterocycles. The van der Waals surface area contributed by atoms with Gasteiger partial charge in [-0.2, -0.15) is 0 Å². The van der Waals surface area contributed by atoms with Gasteiger partial charge in [-0.15, -0.1) is 0 Å². The molecule has 5 N–H and O–H groups in total. The molecular formula is C17H16N2O7. The van der Waals surface area contributed by atoms with E-state index < -0.39 is 40.7 Å². The molecule has 9 nitrogen and oxygen atoms in total. The molecular weight excluding hydrogens is 344 g/mol. The molecule has 9 heteroatoms. The highest BCUT2D eigenvalue weighted by Gasteiger charge is 2.26. The molecule has 0 radical (unpaired) electrons. The van der Waals surface area contributed by atoms with E-state index in [2.05, 4.69) is 4.98 Å². The van der Waals surface area contributed by atoms with Crippen molar-refractivity contribution >= 4 is 17.8 Å². The highest BCUT2D eigenvalue weighted by atomic mass is 16.7. The standard InChI is InChI=1S/C17H16N2O7/c18-13-11(15(21)22)10(12(16(23)24)14(20)19-13)8-2-4-9(5-3-8)17-25-6-1-7-26-17/h2-5,17H,1,6-7H2,(H,21,22)(H,23,24)(H3,18,19,20). The normalized spacial score (nSPS) is 14.9. The second kappa shape index (κ2) is 6.98. The first-order valence-electron chi connectivity index (χ1n) is 7.76. The van der Waals surface area contributed by atoms with Crippen LogP contribution < -0.4 is 11.3 Å². The smallest absolute Gasteiger partial charge is 0.342 e. The quantitative estimate of drug-likeness (QED) is 0.639. The SMILES string of the molecule is Nc1[nH]c(=O)c(C(=O)O)c(-c2ccc(C3OCCCO3)cc2)c1C(=O)O. The van der Waals surface area contributed by atoms with Crippen molar-refractivity contribution in [2.24, 2.45) is 0 Å². The van der Waals surface area contributed by atoms with E-state index in [4.69, 9.17) is 15.2 Å². The number of anilines is 1. The molecule has 0 spiro atoms. The Kier molecular flexibility index (Phi) is 4.74. The summed E-state index contributed by atoms with van der Waals surface area (Å²) in [5.74, 6) is -3.41. The van der Waals surface area contributed by atoms with Gasteiger partial charge in [0.25, 0.3) is 5.56 Å². The summed E-state index contributed by atoms with van der Waals surface area (Å²) in [6.07, 6.45) is 0.254. The van der Waals surface area contributed by atoms with Gasteiger partial charge < -0.3 is 30.4 Å². The third kappa shape index (κ3) is 3.17. The van der Waals surface area contributed by atoms with Crippen LogP contribution in [0.4, 0.5) is 5.82 Å². The number of carboxylic acids is 2. The Morgan fingerprint density at radius 3 is 2.15 bits per heavy atom. The lowest BCUT2D eigenvalue weighted by molar-refractivity contribution is -0.183. The maximum absolute atomic E-state index is 12.0. The van der Waals surface area contributed by atoms with Gasteiger partial charge in [-0.1, -0.05) is 24.3 Å². The summed E-state index contributed by atoms with van der Waals surface area (Å²) < 4.78 is 11.0. The van der Waals surface area contributed by atoms with Crippen LogP contribution in [0.5, 0.6) is 0 Å². The summed E-state index contributed by atoms with van der Waals surface area (Å²) in [7, 11) is 0. The van der Waals surface area contributed by atoms with E-state index in [1.807, 2.05) is 0 Å². The van der Waals surface area contributed by atoms with Gasteiger partial charge in [-0.25, -0.2) is 9.59 Å². The maximum Gasteiger partial charge on any atom is 0.342 e. The molecule has 3 rings (SSSR count). The first kappa shape index (κ1) is 17.6. The lowest BCUT2D eigenvalue weighted by Gasteiger charge is -2.23. The molecule has 1 aromatic carbocycles.